The molecule has 0 aliphatic heterocycles. The zero-order valence-corrected chi connectivity index (χ0v) is 12.3. The summed E-state index contributed by atoms with van der Waals surface area (Å²) in [7, 11) is 3.43. The van der Waals surface area contributed by atoms with E-state index in [0.29, 0.717) is 18.7 Å². The smallest absolute Gasteiger partial charge is 0.253 e. The van der Waals surface area contributed by atoms with Gasteiger partial charge in [0.15, 0.2) is 0 Å². The van der Waals surface area contributed by atoms with Crippen molar-refractivity contribution >= 4 is 5.91 Å². The summed E-state index contributed by atoms with van der Waals surface area (Å²) in [6, 6.07) is 5.46. The largest absolute Gasteiger partial charge is 0.385 e. The van der Waals surface area contributed by atoms with Crippen molar-refractivity contribution in [2.75, 3.05) is 33.9 Å². The fraction of sp³-hybridized carbons (Fsp3) is 0.438. The molecule has 0 saturated heterocycles. The SMILES string of the molecule is COCCCN(C)C(=O)c1cccc(C#CCO)c1C. The average molecular weight is 275 g/mol. The third kappa shape index (κ3) is 4.37. The van der Waals surface area contributed by atoms with Crippen LogP contribution in [0.5, 0.6) is 0 Å². The van der Waals surface area contributed by atoms with E-state index in [1.165, 1.54) is 0 Å². The molecule has 0 aromatic heterocycles. The molecule has 0 spiro atoms. The van der Waals surface area contributed by atoms with Gasteiger partial charge in [-0.05, 0) is 31.0 Å². The van der Waals surface area contributed by atoms with E-state index in [2.05, 4.69) is 11.8 Å². The summed E-state index contributed by atoms with van der Waals surface area (Å²) in [5.74, 6) is 5.44. The molecule has 4 heteroatoms. The van der Waals surface area contributed by atoms with E-state index in [0.717, 1.165) is 17.5 Å². The summed E-state index contributed by atoms with van der Waals surface area (Å²) in [4.78, 5) is 14.1. The van der Waals surface area contributed by atoms with Crippen molar-refractivity contribution in [1.82, 2.24) is 4.90 Å². The number of rotatable bonds is 5. The molecular formula is C16H21NO3. The van der Waals surface area contributed by atoms with E-state index >= 15 is 0 Å². The lowest BCUT2D eigenvalue weighted by atomic mass is 10.0. The molecule has 20 heavy (non-hydrogen) atoms. The number of aliphatic hydroxyl groups is 1. The normalized spacial score (nSPS) is 9.80. The van der Waals surface area contributed by atoms with Crippen LogP contribution < -0.4 is 0 Å². The predicted molar refractivity (Wildman–Crippen MR) is 78.6 cm³/mol. The molecule has 1 amide bonds. The van der Waals surface area contributed by atoms with Gasteiger partial charge in [-0.2, -0.15) is 0 Å². The molecule has 0 aliphatic rings. The van der Waals surface area contributed by atoms with Crippen molar-refractivity contribution in [3.05, 3.63) is 34.9 Å². The molecule has 4 nitrogen and oxygen atoms in total. The number of amides is 1. The summed E-state index contributed by atoms with van der Waals surface area (Å²) >= 11 is 0. The van der Waals surface area contributed by atoms with Gasteiger partial charge in [-0.1, -0.05) is 17.9 Å². The van der Waals surface area contributed by atoms with E-state index in [-0.39, 0.29) is 12.5 Å². The van der Waals surface area contributed by atoms with Gasteiger partial charge in [0.1, 0.15) is 6.61 Å². The number of methoxy groups -OCH3 is 1. The average Bonchev–Trinajstić information content (AvgIpc) is 2.45. The van der Waals surface area contributed by atoms with Crippen molar-refractivity contribution in [2.45, 2.75) is 13.3 Å². The molecule has 0 unspecified atom stereocenters. The highest BCUT2D eigenvalue weighted by Crippen LogP contribution is 2.15. The maximum absolute atomic E-state index is 12.4. The van der Waals surface area contributed by atoms with E-state index in [1.807, 2.05) is 19.1 Å². The molecular weight excluding hydrogens is 254 g/mol. The van der Waals surface area contributed by atoms with E-state index in [9.17, 15) is 4.79 Å². The molecule has 0 bridgehead atoms. The second-order valence-electron chi connectivity index (χ2n) is 4.51. The third-order valence-corrected chi connectivity index (χ3v) is 3.06. The highest BCUT2D eigenvalue weighted by Gasteiger charge is 2.14. The van der Waals surface area contributed by atoms with Crippen LogP contribution >= 0.6 is 0 Å². The van der Waals surface area contributed by atoms with Gasteiger partial charge in [0.05, 0.1) is 0 Å². The number of hydrogen-bond donors (Lipinski definition) is 1. The first-order valence-electron chi connectivity index (χ1n) is 6.55. The molecule has 1 rings (SSSR count). The number of benzene rings is 1. The van der Waals surface area contributed by atoms with Crippen LogP contribution in [0.15, 0.2) is 18.2 Å². The number of carbonyl (C=O) groups excluding carboxylic acids is 1. The van der Waals surface area contributed by atoms with Crippen LogP contribution in [-0.2, 0) is 4.74 Å². The van der Waals surface area contributed by atoms with E-state index in [4.69, 9.17) is 9.84 Å². The molecule has 1 aromatic rings. The lowest BCUT2D eigenvalue weighted by molar-refractivity contribution is 0.0778. The van der Waals surface area contributed by atoms with Gasteiger partial charge in [0.25, 0.3) is 5.91 Å². The Hall–Kier alpha value is -1.83. The van der Waals surface area contributed by atoms with Gasteiger partial charge >= 0.3 is 0 Å². The van der Waals surface area contributed by atoms with Gasteiger partial charge in [-0.3, -0.25) is 4.79 Å². The summed E-state index contributed by atoms with van der Waals surface area (Å²) in [6.45, 7) is 2.98. The Balaban J connectivity index is 2.87. The first kappa shape index (κ1) is 16.2. The minimum absolute atomic E-state index is 0.0220. The molecule has 0 heterocycles. The van der Waals surface area contributed by atoms with E-state index < -0.39 is 0 Å². The Kier molecular flexibility index (Phi) is 6.78. The lowest BCUT2D eigenvalue weighted by Gasteiger charge is -2.18. The summed E-state index contributed by atoms with van der Waals surface area (Å²) in [5, 5.41) is 8.75. The second kappa shape index (κ2) is 8.36. The summed E-state index contributed by atoms with van der Waals surface area (Å²) < 4.78 is 4.98. The molecule has 0 radical (unpaired) electrons. The maximum atomic E-state index is 12.4. The number of carbonyl (C=O) groups is 1. The quantitative estimate of drug-likeness (QED) is 0.653. The van der Waals surface area contributed by atoms with Crippen LogP contribution in [-0.4, -0.2) is 49.8 Å². The van der Waals surface area contributed by atoms with Gasteiger partial charge in [0.2, 0.25) is 0 Å². The fourth-order valence-electron chi connectivity index (χ4n) is 1.89. The summed E-state index contributed by atoms with van der Waals surface area (Å²) in [6.07, 6.45) is 0.807. The fourth-order valence-corrected chi connectivity index (χ4v) is 1.89. The summed E-state index contributed by atoms with van der Waals surface area (Å²) in [5.41, 5.74) is 2.27. The molecule has 0 aliphatic carbocycles. The Bertz CT molecular complexity index is 514. The predicted octanol–water partition coefficient (Wildman–Crippen LogP) is 1.45. The van der Waals surface area contributed by atoms with Crippen LogP contribution in [0.2, 0.25) is 0 Å². The zero-order chi connectivity index (χ0) is 15.0. The van der Waals surface area contributed by atoms with Crippen LogP contribution in [0.25, 0.3) is 0 Å². The first-order valence-corrected chi connectivity index (χ1v) is 6.55. The van der Waals surface area contributed by atoms with Crippen LogP contribution in [0.3, 0.4) is 0 Å². The maximum Gasteiger partial charge on any atom is 0.253 e. The second-order valence-corrected chi connectivity index (χ2v) is 4.51. The molecule has 1 N–H and O–H groups in total. The standard InChI is InChI=1S/C16H21NO3/c1-13-14(8-5-11-18)7-4-9-15(13)16(19)17(2)10-6-12-20-3/h4,7,9,18H,6,10-12H2,1-3H3. The van der Waals surface area contributed by atoms with Crippen LogP contribution in [0.4, 0.5) is 0 Å². The van der Waals surface area contributed by atoms with Crippen molar-refractivity contribution in [3.8, 4) is 11.8 Å². The van der Waals surface area contributed by atoms with Gasteiger partial charge in [-0.15, -0.1) is 0 Å². The number of ether oxygens (including phenoxy) is 1. The minimum Gasteiger partial charge on any atom is -0.385 e. The van der Waals surface area contributed by atoms with Crippen molar-refractivity contribution in [3.63, 3.8) is 0 Å². The third-order valence-electron chi connectivity index (χ3n) is 3.06. The van der Waals surface area contributed by atoms with Crippen molar-refractivity contribution < 1.29 is 14.6 Å². The minimum atomic E-state index is -0.186. The van der Waals surface area contributed by atoms with E-state index in [1.54, 1.807) is 25.1 Å². The monoisotopic (exact) mass is 275 g/mol. The molecule has 108 valence electrons. The molecule has 0 saturated carbocycles. The van der Waals surface area contributed by atoms with Crippen LogP contribution in [0, 0.1) is 18.8 Å². The number of aliphatic hydroxyl groups excluding tert-OH is 1. The number of hydrogen-bond acceptors (Lipinski definition) is 3. The Morgan fingerprint density at radius 3 is 2.85 bits per heavy atom. The van der Waals surface area contributed by atoms with Crippen molar-refractivity contribution in [1.29, 1.82) is 0 Å². The first-order chi connectivity index (χ1) is 9.61. The molecule has 0 atom stereocenters. The number of nitrogens with zero attached hydrogens (tertiary/aromatic N) is 1. The van der Waals surface area contributed by atoms with Gasteiger partial charge in [0, 0.05) is 38.4 Å². The van der Waals surface area contributed by atoms with Crippen molar-refractivity contribution in [2.24, 2.45) is 0 Å². The topological polar surface area (TPSA) is 49.8 Å². The Labute approximate surface area is 120 Å². The Morgan fingerprint density at radius 1 is 1.45 bits per heavy atom. The molecule has 0 fully saturated rings. The van der Waals surface area contributed by atoms with Gasteiger partial charge < -0.3 is 14.7 Å². The molecule has 1 aromatic carbocycles. The van der Waals surface area contributed by atoms with Crippen LogP contribution in [0.1, 0.15) is 27.9 Å². The highest BCUT2D eigenvalue weighted by molar-refractivity contribution is 5.96. The lowest BCUT2D eigenvalue weighted by Crippen LogP contribution is -2.29. The zero-order valence-electron chi connectivity index (χ0n) is 12.3. The highest BCUT2D eigenvalue weighted by atomic mass is 16.5. The Morgan fingerprint density at radius 2 is 2.20 bits per heavy atom. The van der Waals surface area contributed by atoms with Gasteiger partial charge in [-0.25, -0.2) is 0 Å².